The Morgan fingerprint density at radius 2 is 1.56 bits per heavy atom. The van der Waals surface area contributed by atoms with Gasteiger partial charge in [-0.1, -0.05) is 30.3 Å². The van der Waals surface area contributed by atoms with Gasteiger partial charge in [0.05, 0.1) is 16.0 Å². The molecule has 0 aliphatic carbocycles. The van der Waals surface area contributed by atoms with Gasteiger partial charge in [0.15, 0.2) is 0 Å². The van der Waals surface area contributed by atoms with Gasteiger partial charge in [0.25, 0.3) is 0 Å². The zero-order valence-corrected chi connectivity index (χ0v) is 26.8. The minimum atomic E-state index is -0.685. The normalized spacial score (nSPS) is 15.4. The smallest absolute Gasteiger partial charge is 0.413 e. The second-order valence-electron chi connectivity index (χ2n) is 12.4. The summed E-state index contributed by atoms with van der Waals surface area (Å²) in [6, 6.07) is 17.2. The molecule has 10 nitrogen and oxygen atoms in total. The molecule has 1 N–H and O–H groups in total. The van der Waals surface area contributed by atoms with E-state index in [0.29, 0.717) is 42.1 Å². The summed E-state index contributed by atoms with van der Waals surface area (Å²) in [5.74, 6) is 1.74. The molecule has 1 aliphatic rings. The first-order valence-electron chi connectivity index (χ1n) is 14.1. The summed E-state index contributed by atoms with van der Waals surface area (Å²) in [4.78, 5) is 36.5. The van der Waals surface area contributed by atoms with Gasteiger partial charge in [0, 0.05) is 18.7 Å². The monoisotopic (exact) mass is 649 g/mol. The largest absolute Gasteiger partial charge is 0.457 e. The van der Waals surface area contributed by atoms with E-state index in [9.17, 15) is 9.59 Å². The number of likely N-dealkylation sites (tertiary alicyclic amines) is 1. The first-order valence-corrected chi connectivity index (χ1v) is 14.9. The summed E-state index contributed by atoms with van der Waals surface area (Å²) < 4.78 is 20.0. The van der Waals surface area contributed by atoms with Gasteiger partial charge in [0.1, 0.15) is 40.5 Å². The number of nitrogens with zero attached hydrogens (tertiary/aromatic N) is 4. The predicted octanol–water partition coefficient (Wildman–Crippen LogP) is 8.18. The lowest BCUT2D eigenvalue weighted by molar-refractivity contribution is 0.0288. The minimum absolute atomic E-state index is 0.0943. The van der Waals surface area contributed by atoms with Crippen LogP contribution in [-0.4, -0.2) is 55.9 Å². The maximum atomic E-state index is 12.8. The van der Waals surface area contributed by atoms with Crippen molar-refractivity contribution in [3.8, 4) is 22.6 Å². The van der Waals surface area contributed by atoms with Crippen LogP contribution in [0.1, 0.15) is 54.0 Å². The fraction of sp³-hybridized carbons (Fsp3) is 0.375. The van der Waals surface area contributed by atoms with Gasteiger partial charge in [-0.3, -0.25) is 5.32 Å². The van der Waals surface area contributed by atoms with E-state index < -0.39 is 17.3 Å². The Hall–Kier alpha value is -4.12. The highest BCUT2D eigenvalue weighted by molar-refractivity contribution is 9.10. The first kappa shape index (κ1) is 30.3. The molecule has 0 bridgehead atoms. The first-order chi connectivity index (χ1) is 20.3. The van der Waals surface area contributed by atoms with Crippen molar-refractivity contribution in [3.63, 3.8) is 0 Å². The Bertz CT molecular complexity index is 1620. The van der Waals surface area contributed by atoms with Gasteiger partial charge in [-0.05, 0) is 93.7 Å². The maximum Gasteiger partial charge on any atom is 0.413 e. The van der Waals surface area contributed by atoms with Crippen molar-refractivity contribution in [1.29, 1.82) is 0 Å². The number of aromatic nitrogens is 3. The standard InChI is InChI=1S/C32H36BrN5O5/c1-31(2,3)42-29(39)36-27-25-24(20-12-14-23(15-13-20)41-22-10-8-7-9-11-22)26(33)38(28(25)35-19-34-27)21-16-17-37(18-21)30(40)43-32(4,5)6/h7-15,19,21H,16-18H2,1-6H3,(H,34,35,36,39)/t21-/m1/s1. The Morgan fingerprint density at radius 1 is 0.907 bits per heavy atom. The summed E-state index contributed by atoms with van der Waals surface area (Å²) in [6.07, 6.45) is 1.15. The lowest BCUT2D eigenvalue weighted by Crippen LogP contribution is -2.35. The second kappa shape index (κ2) is 11.9. The number of ether oxygens (including phenoxy) is 3. The van der Waals surface area contributed by atoms with E-state index in [4.69, 9.17) is 14.2 Å². The van der Waals surface area contributed by atoms with E-state index in [1.165, 1.54) is 6.33 Å². The van der Waals surface area contributed by atoms with Crippen molar-refractivity contribution >= 4 is 45.0 Å². The Morgan fingerprint density at radius 3 is 2.21 bits per heavy atom. The molecule has 0 saturated carbocycles. The van der Waals surface area contributed by atoms with Gasteiger partial charge in [-0.2, -0.15) is 0 Å². The third-order valence-electron chi connectivity index (χ3n) is 6.64. The quantitative estimate of drug-likeness (QED) is 0.232. The Kier molecular flexibility index (Phi) is 8.38. The van der Waals surface area contributed by atoms with Crippen LogP contribution in [0, 0.1) is 0 Å². The summed E-state index contributed by atoms with van der Waals surface area (Å²) in [6.45, 7) is 12.0. The van der Waals surface area contributed by atoms with Crippen LogP contribution >= 0.6 is 15.9 Å². The number of carbonyl (C=O) groups excluding carboxylic acids is 2. The second-order valence-corrected chi connectivity index (χ2v) is 13.1. The van der Waals surface area contributed by atoms with Crippen molar-refractivity contribution in [1.82, 2.24) is 19.4 Å². The van der Waals surface area contributed by atoms with Crippen LogP contribution in [0.25, 0.3) is 22.2 Å². The van der Waals surface area contributed by atoms with E-state index >= 15 is 0 Å². The molecule has 0 unspecified atom stereocenters. The molecule has 11 heteroatoms. The van der Waals surface area contributed by atoms with E-state index in [0.717, 1.165) is 21.5 Å². The topological polar surface area (TPSA) is 108 Å². The van der Waals surface area contributed by atoms with Crippen LogP contribution in [0.15, 0.2) is 65.5 Å². The number of benzene rings is 2. The highest BCUT2D eigenvalue weighted by Gasteiger charge is 2.34. The number of anilines is 1. The van der Waals surface area contributed by atoms with Crippen LogP contribution < -0.4 is 10.1 Å². The number of amides is 2. The molecule has 0 spiro atoms. The molecule has 226 valence electrons. The molecular weight excluding hydrogens is 614 g/mol. The SMILES string of the molecule is CC(C)(C)OC(=O)Nc1ncnc2c1c(-c1ccc(Oc3ccccc3)cc1)c(Br)n2[C@@H]1CCN(C(=O)OC(C)(C)C)C1. The fourth-order valence-corrected chi connectivity index (χ4v) is 5.84. The lowest BCUT2D eigenvalue weighted by Gasteiger charge is -2.24. The number of hydrogen-bond donors (Lipinski definition) is 1. The highest BCUT2D eigenvalue weighted by Crippen LogP contribution is 2.44. The number of para-hydroxylation sites is 1. The zero-order valence-electron chi connectivity index (χ0n) is 25.2. The summed E-state index contributed by atoms with van der Waals surface area (Å²) in [7, 11) is 0. The molecule has 1 fully saturated rings. The maximum absolute atomic E-state index is 12.8. The van der Waals surface area contributed by atoms with Crippen molar-refractivity contribution in [3.05, 3.63) is 65.5 Å². The molecule has 0 radical (unpaired) electrons. The third kappa shape index (κ3) is 7.10. The highest BCUT2D eigenvalue weighted by atomic mass is 79.9. The summed E-state index contributed by atoms with van der Waals surface area (Å²) >= 11 is 3.85. The van der Waals surface area contributed by atoms with Gasteiger partial charge in [-0.25, -0.2) is 19.6 Å². The molecule has 1 aliphatic heterocycles. The van der Waals surface area contributed by atoms with E-state index in [2.05, 4.69) is 35.8 Å². The number of halogens is 1. The van der Waals surface area contributed by atoms with Gasteiger partial charge in [-0.15, -0.1) is 0 Å². The van der Waals surface area contributed by atoms with E-state index in [1.807, 2.05) is 75.4 Å². The molecule has 1 atom stereocenters. The van der Waals surface area contributed by atoms with Crippen LogP contribution in [0.2, 0.25) is 0 Å². The number of nitrogens with one attached hydrogen (secondary N) is 1. The average molecular weight is 651 g/mol. The molecule has 3 heterocycles. The lowest BCUT2D eigenvalue weighted by atomic mass is 10.1. The molecule has 4 aromatic rings. The zero-order chi connectivity index (χ0) is 30.9. The molecule has 43 heavy (non-hydrogen) atoms. The summed E-state index contributed by atoms with van der Waals surface area (Å²) in [5.41, 5.74) is 0.997. The van der Waals surface area contributed by atoms with Crippen LogP contribution in [0.3, 0.4) is 0 Å². The van der Waals surface area contributed by atoms with Crippen molar-refractivity contribution < 1.29 is 23.8 Å². The van der Waals surface area contributed by atoms with E-state index in [-0.39, 0.29) is 12.1 Å². The number of carbonyl (C=O) groups is 2. The molecule has 2 aromatic carbocycles. The molecule has 1 saturated heterocycles. The van der Waals surface area contributed by atoms with Gasteiger partial charge in [0.2, 0.25) is 0 Å². The number of hydrogen-bond acceptors (Lipinski definition) is 7. The minimum Gasteiger partial charge on any atom is -0.457 e. The molecule has 5 rings (SSSR count). The third-order valence-corrected chi connectivity index (χ3v) is 7.42. The predicted molar refractivity (Wildman–Crippen MR) is 168 cm³/mol. The number of fused-ring (bicyclic) bond motifs is 1. The van der Waals surface area contributed by atoms with Gasteiger partial charge < -0.3 is 23.7 Å². The molecule has 2 aromatic heterocycles. The van der Waals surface area contributed by atoms with Crippen LogP contribution in [0.5, 0.6) is 11.5 Å². The van der Waals surface area contributed by atoms with Gasteiger partial charge >= 0.3 is 12.2 Å². The summed E-state index contributed by atoms with van der Waals surface area (Å²) in [5, 5.41) is 3.47. The van der Waals surface area contributed by atoms with Crippen molar-refractivity contribution in [2.24, 2.45) is 0 Å². The number of rotatable bonds is 5. The fourth-order valence-electron chi connectivity index (χ4n) is 4.96. The molecule has 2 amide bonds. The van der Waals surface area contributed by atoms with Crippen LogP contribution in [0.4, 0.5) is 15.4 Å². The van der Waals surface area contributed by atoms with Crippen molar-refractivity contribution in [2.45, 2.75) is 65.2 Å². The Balaban J connectivity index is 1.55. The van der Waals surface area contributed by atoms with Crippen molar-refractivity contribution in [2.75, 3.05) is 18.4 Å². The average Bonchev–Trinajstić information content (AvgIpc) is 3.51. The Labute approximate surface area is 259 Å². The van der Waals surface area contributed by atoms with E-state index in [1.54, 1.807) is 25.7 Å². The molecular formula is C32H36BrN5O5. The van der Waals surface area contributed by atoms with Crippen LogP contribution in [-0.2, 0) is 9.47 Å².